The Morgan fingerprint density at radius 1 is 1.06 bits per heavy atom. The first-order valence-electron chi connectivity index (χ1n) is 10.7. The summed E-state index contributed by atoms with van der Waals surface area (Å²) in [7, 11) is 0. The molecular weight excluding hydrogens is 445 g/mol. The third-order valence-electron chi connectivity index (χ3n) is 6.44. The minimum Gasteiger partial charge on any atom is -0.355 e. The highest BCUT2D eigenvalue weighted by Crippen LogP contribution is 2.42. The van der Waals surface area contributed by atoms with Crippen molar-refractivity contribution in [2.45, 2.75) is 38.5 Å². The predicted octanol–water partition coefficient (Wildman–Crippen LogP) is 3.61. The topological polar surface area (TPSA) is 63.0 Å². The molecule has 1 spiro atoms. The smallest absolute Gasteiger partial charge is 0.355 e. The maximum Gasteiger partial charge on any atom is 0.416 e. The highest BCUT2D eigenvalue weighted by molar-refractivity contribution is 5.71. The number of fused-ring (bicyclic) bond motifs is 1. The molecule has 0 saturated carbocycles. The molecule has 3 aromatic heterocycles. The van der Waals surface area contributed by atoms with Crippen LogP contribution in [0.5, 0.6) is 0 Å². The van der Waals surface area contributed by atoms with E-state index >= 15 is 0 Å². The van der Waals surface area contributed by atoms with Crippen molar-refractivity contribution in [3.8, 4) is 0 Å². The highest BCUT2D eigenvalue weighted by atomic mass is 19.4. The molecule has 2 aliphatic rings. The number of halogens is 5. The van der Waals surface area contributed by atoms with E-state index in [0.717, 1.165) is 51.2 Å². The predicted molar refractivity (Wildman–Crippen MR) is 110 cm³/mol. The van der Waals surface area contributed by atoms with Crippen LogP contribution in [0.1, 0.15) is 24.1 Å². The maximum atomic E-state index is 12.9. The summed E-state index contributed by atoms with van der Waals surface area (Å²) in [5.41, 5.74) is 0.694. The van der Waals surface area contributed by atoms with Gasteiger partial charge in [0, 0.05) is 38.9 Å². The van der Waals surface area contributed by atoms with Gasteiger partial charge < -0.3 is 4.90 Å². The monoisotopic (exact) mass is 467 g/mol. The average molecular weight is 467 g/mol. The lowest BCUT2D eigenvalue weighted by Crippen LogP contribution is -2.60. The van der Waals surface area contributed by atoms with Crippen LogP contribution < -0.4 is 4.90 Å². The van der Waals surface area contributed by atoms with E-state index in [1.54, 1.807) is 6.20 Å². The van der Waals surface area contributed by atoms with Crippen LogP contribution in [0.25, 0.3) is 11.2 Å². The number of piperidine rings is 1. The normalized spacial score (nSPS) is 18.9. The molecule has 0 aromatic carbocycles. The zero-order chi connectivity index (χ0) is 23.2. The lowest BCUT2D eigenvalue weighted by molar-refractivity contribution is -0.137. The van der Waals surface area contributed by atoms with Crippen LogP contribution in [-0.4, -0.2) is 62.2 Å². The van der Waals surface area contributed by atoms with Crippen LogP contribution in [0, 0.1) is 5.41 Å². The summed E-state index contributed by atoms with van der Waals surface area (Å²) in [6, 6.07) is 2.10. The van der Waals surface area contributed by atoms with Crippen molar-refractivity contribution in [3.63, 3.8) is 0 Å². The minimum absolute atomic E-state index is 0.132. The van der Waals surface area contributed by atoms with Gasteiger partial charge in [-0.05, 0) is 30.4 Å². The fourth-order valence-corrected chi connectivity index (χ4v) is 4.77. The van der Waals surface area contributed by atoms with Gasteiger partial charge in [-0.2, -0.15) is 18.3 Å². The second kappa shape index (κ2) is 8.15. The molecule has 0 N–H and O–H groups in total. The number of pyridine rings is 1. The Morgan fingerprint density at radius 2 is 1.82 bits per heavy atom. The first-order valence-corrected chi connectivity index (χ1v) is 10.7. The van der Waals surface area contributed by atoms with Crippen molar-refractivity contribution in [1.82, 2.24) is 29.6 Å². The van der Waals surface area contributed by atoms with Gasteiger partial charge in [0.1, 0.15) is 17.9 Å². The second-order valence-corrected chi connectivity index (χ2v) is 8.82. The summed E-state index contributed by atoms with van der Waals surface area (Å²) < 4.78 is 65.5. The summed E-state index contributed by atoms with van der Waals surface area (Å²) >= 11 is 0. The number of aromatic nitrogens is 5. The van der Waals surface area contributed by atoms with Crippen LogP contribution >= 0.6 is 0 Å². The third kappa shape index (κ3) is 4.48. The van der Waals surface area contributed by atoms with E-state index in [9.17, 15) is 22.0 Å². The summed E-state index contributed by atoms with van der Waals surface area (Å²) in [5, 5.41) is 3.95. The number of nitrogens with zero attached hydrogens (tertiary/aromatic N) is 7. The van der Waals surface area contributed by atoms with Gasteiger partial charge in [-0.3, -0.25) is 9.88 Å². The SMILES string of the molecule is FC(F)Cn1ncc2ncc(N3CCC4(CC3)CN(Cc3cc(C(F)(F)F)ccn3)C4)nc21. The maximum absolute atomic E-state index is 12.9. The zero-order valence-electron chi connectivity index (χ0n) is 17.6. The molecule has 0 radical (unpaired) electrons. The first-order chi connectivity index (χ1) is 15.7. The van der Waals surface area contributed by atoms with E-state index < -0.39 is 24.7 Å². The van der Waals surface area contributed by atoms with Gasteiger partial charge in [-0.25, -0.2) is 23.4 Å². The number of hydrogen-bond donors (Lipinski definition) is 0. The standard InChI is InChI=1S/C21H22F5N7/c22-17(23)11-33-19-16(8-29-33)28-9-18(30-19)32-5-2-20(3-6-32)12-31(13-20)10-15-7-14(1-4-27-15)21(24,25)26/h1,4,7-9,17H,2-3,5-6,10-13H2. The Kier molecular flexibility index (Phi) is 5.42. The van der Waals surface area contributed by atoms with Crippen molar-refractivity contribution >= 4 is 17.0 Å². The van der Waals surface area contributed by atoms with Gasteiger partial charge in [0.05, 0.1) is 23.7 Å². The van der Waals surface area contributed by atoms with Crippen LogP contribution in [0.2, 0.25) is 0 Å². The number of anilines is 1. The van der Waals surface area contributed by atoms with Gasteiger partial charge >= 0.3 is 6.18 Å². The molecule has 0 aliphatic carbocycles. The molecule has 2 fully saturated rings. The number of alkyl halides is 5. The van der Waals surface area contributed by atoms with Crippen molar-refractivity contribution in [2.24, 2.45) is 5.41 Å². The number of hydrogen-bond acceptors (Lipinski definition) is 6. The largest absolute Gasteiger partial charge is 0.416 e. The molecule has 5 heterocycles. The summed E-state index contributed by atoms with van der Waals surface area (Å²) in [4.78, 5) is 17.1. The molecular formula is C21H22F5N7. The van der Waals surface area contributed by atoms with Crippen molar-refractivity contribution in [3.05, 3.63) is 42.0 Å². The van der Waals surface area contributed by atoms with E-state index in [1.807, 2.05) is 0 Å². The van der Waals surface area contributed by atoms with Crippen LogP contribution in [0.15, 0.2) is 30.7 Å². The van der Waals surface area contributed by atoms with Gasteiger partial charge in [0.2, 0.25) is 0 Å². The number of likely N-dealkylation sites (tertiary alicyclic amines) is 1. The first kappa shape index (κ1) is 21.9. The molecule has 0 atom stereocenters. The van der Waals surface area contributed by atoms with E-state index in [-0.39, 0.29) is 5.41 Å². The lowest BCUT2D eigenvalue weighted by Gasteiger charge is -2.54. The Labute approximate surface area is 186 Å². The molecule has 2 saturated heterocycles. The lowest BCUT2D eigenvalue weighted by atomic mass is 9.72. The molecule has 0 bridgehead atoms. The fraction of sp³-hybridized carbons (Fsp3) is 0.524. The van der Waals surface area contributed by atoms with Gasteiger partial charge in [-0.15, -0.1) is 0 Å². The molecule has 2 aliphatic heterocycles. The minimum atomic E-state index is -4.37. The van der Waals surface area contributed by atoms with Gasteiger partial charge in [0.15, 0.2) is 5.65 Å². The Hall–Kier alpha value is -2.89. The van der Waals surface area contributed by atoms with Crippen LogP contribution in [0.3, 0.4) is 0 Å². The fourth-order valence-electron chi connectivity index (χ4n) is 4.77. The van der Waals surface area contributed by atoms with Gasteiger partial charge in [-0.1, -0.05) is 0 Å². The molecule has 7 nitrogen and oxygen atoms in total. The molecule has 0 amide bonds. The van der Waals surface area contributed by atoms with E-state index in [0.29, 0.717) is 29.2 Å². The van der Waals surface area contributed by atoms with Crippen LogP contribution in [-0.2, 0) is 19.3 Å². The highest BCUT2D eigenvalue weighted by Gasteiger charge is 2.45. The summed E-state index contributed by atoms with van der Waals surface area (Å²) in [6.45, 7) is 2.99. The Morgan fingerprint density at radius 3 is 2.52 bits per heavy atom. The average Bonchev–Trinajstić information content (AvgIpc) is 3.14. The van der Waals surface area contributed by atoms with Crippen molar-refractivity contribution < 1.29 is 22.0 Å². The summed E-state index contributed by atoms with van der Waals surface area (Å²) in [6.07, 6.45) is -0.795. The number of rotatable bonds is 5. The molecule has 176 valence electrons. The quantitative estimate of drug-likeness (QED) is 0.535. The molecule has 3 aromatic rings. The summed E-state index contributed by atoms with van der Waals surface area (Å²) in [5.74, 6) is 0.637. The molecule has 0 unspecified atom stereocenters. The molecule has 12 heteroatoms. The van der Waals surface area contributed by atoms with E-state index in [1.165, 1.54) is 17.1 Å². The Bertz CT molecular complexity index is 1130. The van der Waals surface area contributed by atoms with Gasteiger partial charge in [0.25, 0.3) is 6.43 Å². The zero-order valence-corrected chi connectivity index (χ0v) is 17.6. The van der Waals surface area contributed by atoms with Crippen molar-refractivity contribution in [1.29, 1.82) is 0 Å². The van der Waals surface area contributed by atoms with Crippen LogP contribution in [0.4, 0.5) is 27.8 Å². The Balaban J connectivity index is 1.19. The van der Waals surface area contributed by atoms with Crippen molar-refractivity contribution in [2.75, 3.05) is 31.1 Å². The third-order valence-corrected chi connectivity index (χ3v) is 6.44. The molecule has 5 rings (SSSR count). The second-order valence-electron chi connectivity index (χ2n) is 8.82. The van der Waals surface area contributed by atoms with E-state index in [2.05, 4.69) is 29.9 Å². The van der Waals surface area contributed by atoms with E-state index in [4.69, 9.17) is 0 Å². The molecule has 33 heavy (non-hydrogen) atoms.